The number of aliphatic hydroxyl groups excluding tert-OH is 1. The minimum atomic E-state index is 0.0775. The number of aromatic nitrogens is 2. The van der Waals surface area contributed by atoms with Crippen LogP contribution in [0.2, 0.25) is 0 Å². The molecule has 0 spiro atoms. The predicted molar refractivity (Wildman–Crippen MR) is 83.0 cm³/mol. The first-order chi connectivity index (χ1) is 9.78. The van der Waals surface area contributed by atoms with Crippen molar-refractivity contribution in [2.45, 2.75) is 39.8 Å². The highest BCUT2D eigenvalue weighted by Crippen LogP contribution is 2.28. The lowest BCUT2D eigenvalue weighted by molar-refractivity contribution is 0.284. The molecule has 5 heteroatoms. The molecule has 0 aliphatic heterocycles. The molecule has 0 bridgehead atoms. The van der Waals surface area contributed by atoms with Crippen LogP contribution in [-0.4, -0.2) is 21.6 Å². The van der Waals surface area contributed by atoms with Crippen molar-refractivity contribution in [2.24, 2.45) is 0 Å². The summed E-state index contributed by atoms with van der Waals surface area (Å²) in [5.41, 5.74) is 2.07. The van der Waals surface area contributed by atoms with Crippen molar-refractivity contribution in [3.63, 3.8) is 0 Å². The van der Waals surface area contributed by atoms with Gasteiger partial charge >= 0.3 is 0 Å². The van der Waals surface area contributed by atoms with Crippen molar-refractivity contribution >= 4 is 16.5 Å². The predicted octanol–water partition coefficient (Wildman–Crippen LogP) is 3.01. The second-order valence-electron chi connectivity index (χ2n) is 4.61. The Bertz CT molecular complexity index is 527. The Hall–Kier alpha value is -1.46. The maximum absolute atomic E-state index is 9.44. The molecule has 0 aliphatic carbocycles. The van der Waals surface area contributed by atoms with Gasteiger partial charge in [-0.2, -0.15) is 0 Å². The zero-order valence-corrected chi connectivity index (χ0v) is 12.9. The van der Waals surface area contributed by atoms with Gasteiger partial charge in [0.2, 0.25) is 0 Å². The highest BCUT2D eigenvalue weighted by molar-refractivity contribution is 7.15. The Morgan fingerprint density at radius 2 is 2.15 bits per heavy atom. The van der Waals surface area contributed by atoms with Crippen LogP contribution < -0.4 is 4.90 Å². The third kappa shape index (κ3) is 3.55. The number of aryl methyl sites for hydroxylation is 1. The molecule has 108 valence electrons. The van der Waals surface area contributed by atoms with E-state index in [1.54, 1.807) is 11.3 Å². The highest BCUT2D eigenvalue weighted by Gasteiger charge is 2.15. The normalized spacial score (nSPS) is 10.8. The molecule has 0 atom stereocenters. The fourth-order valence-corrected chi connectivity index (χ4v) is 3.09. The monoisotopic (exact) mass is 291 g/mol. The quantitative estimate of drug-likeness (QED) is 0.852. The van der Waals surface area contributed by atoms with Gasteiger partial charge in [0, 0.05) is 12.7 Å². The summed E-state index contributed by atoms with van der Waals surface area (Å²) in [6.45, 7) is 5.95. The van der Waals surface area contributed by atoms with Crippen LogP contribution in [0.3, 0.4) is 0 Å². The first-order valence-corrected chi connectivity index (χ1v) is 7.84. The van der Waals surface area contributed by atoms with Crippen LogP contribution >= 0.6 is 11.3 Å². The van der Waals surface area contributed by atoms with Gasteiger partial charge < -0.3 is 10.0 Å². The van der Waals surface area contributed by atoms with Crippen LogP contribution in [0.4, 0.5) is 5.13 Å². The number of anilines is 1. The van der Waals surface area contributed by atoms with E-state index in [2.05, 4.69) is 23.7 Å². The molecule has 0 fully saturated rings. The molecule has 4 nitrogen and oxygen atoms in total. The topological polar surface area (TPSA) is 49.2 Å². The van der Waals surface area contributed by atoms with Gasteiger partial charge in [-0.05, 0) is 25.5 Å². The third-order valence-corrected chi connectivity index (χ3v) is 4.27. The Kier molecular flexibility index (Phi) is 5.49. The summed E-state index contributed by atoms with van der Waals surface area (Å²) < 4.78 is 0. The molecule has 0 radical (unpaired) electrons. The number of rotatable bonds is 7. The van der Waals surface area contributed by atoms with Crippen LogP contribution in [0.15, 0.2) is 24.4 Å². The molecule has 0 saturated carbocycles. The summed E-state index contributed by atoms with van der Waals surface area (Å²) in [7, 11) is 0. The van der Waals surface area contributed by atoms with E-state index in [0.29, 0.717) is 0 Å². The summed E-state index contributed by atoms with van der Waals surface area (Å²) in [6, 6.07) is 5.95. The molecule has 1 N–H and O–H groups in total. The molecule has 0 saturated heterocycles. The van der Waals surface area contributed by atoms with E-state index in [-0.39, 0.29) is 6.61 Å². The van der Waals surface area contributed by atoms with Gasteiger partial charge in [0.05, 0.1) is 29.4 Å². The molecule has 0 aliphatic rings. The van der Waals surface area contributed by atoms with E-state index in [4.69, 9.17) is 4.98 Å². The fourth-order valence-electron chi connectivity index (χ4n) is 2.06. The molecule has 0 aromatic carbocycles. The zero-order valence-electron chi connectivity index (χ0n) is 12.0. The van der Waals surface area contributed by atoms with Crippen LogP contribution in [-0.2, 0) is 19.6 Å². The number of nitrogens with zero attached hydrogens (tertiary/aromatic N) is 3. The highest BCUT2D eigenvalue weighted by atomic mass is 32.1. The lowest BCUT2D eigenvalue weighted by Gasteiger charge is -2.19. The zero-order chi connectivity index (χ0) is 14.4. The van der Waals surface area contributed by atoms with Gasteiger partial charge in [-0.15, -0.1) is 0 Å². The minimum Gasteiger partial charge on any atom is -0.391 e. The van der Waals surface area contributed by atoms with Gasteiger partial charge in [-0.3, -0.25) is 4.98 Å². The standard InChI is InChI=1S/C15H21N3OS/c1-3-7-13-14(11-19)20-15(17-13)18(4-2)10-12-8-5-6-9-16-12/h5-6,8-9,19H,3-4,7,10-11H2,1-2H3. The maximum Gasteiger partial charge on any atom is 0.186 e. The minimum absolute atomic E-state index is 0.0775. The van der Waals surface area contributed by atoms with Crippen molar-refractivity contribution in [2.75, 3.05) is 11.4 Å². The van der Waals surface area contributed by atoms with Crippen LogP contribution in [0.1, 0.15) is 36.5 Å². The van der Waals surface area contributed by atoms with E-state index in [1.165, 1.54) is 0 Å². The van der Waals surface area contributed by atoms with Gasteiger partial charge in [-0.25, -0.2) is 4.98 Å². The summed E-state index contributed by atoms with van der Waals surface area (Å²) in [4.78, 5) is 12.2. The fraction of sp³-hybridized carbons (Fsp3) is 0.467. The van der Waals surface area contributed by atoms with Crippen LogP contribution in [0.25, 0.3) is 0 Å². The van der Waals surface area contributed by atoms with E-state index in [9.17, 15) is 5.11 Å². The molecular formula is C15H21N3OS. The lowest BCUT2D eigenvalue weighted by Crippen LogP contribution is -2.22. The lowest BCUT2D eigenvalue weighted by atomic mass is 10.2. The Morgan fingerprint density at radius 3 is 2.75 bits per heavy atom. The Labute approximate surface area is 124 Å². The van der Waals surface area contributed by atoms with Crippen molar-refractivity contribution in [1.82, 2.24) is 9.97 Å². The van der Waals surface area contributed by atoms with Crippen molar-refractivity contribution in [1.29, 1.82) is 0 Å². The van der Waals surface area contributed by atoms with Crippen molar-refractivity contribution in [3.8, 4) is 0 Å². The van der Waals surface area contributed by atoms with Gasteiger partial charge in [0.15, 0.2) is 5.13 Å². The molecule has 2 heterocycles. The first kappa shape index (κ1) is 14.9. The number of hydrogen-bond donors (Lipinski definition) is 1. The van der Waals surface area contributed by atoms with Crippen LogP contribution in [0, 0.1) is 0 Å². The SMILES string of the molecule is CCCc1nc(N(CC)Cc2ccccn2)sc1CO. The van der Waals surface area contributed by atoms with E-state index in [0.717, 1.165) is 47.3 Å². The molecule has 2 aromatic heterocycles. The van der Waals surface area contributed by atoms with Gasteiger partial charge in [0.1, 0.15) is 0 Å². The van der Waals surface area contributed by atoms with Gasteiger partial charge in [0.25, 0.3) is 0 Å². The van der Waals surface area contributed by atoms with E-state index in [1.807, 2.05) is 24.4 Å². The molecule has 0 amide bonds. The average molecular weight is 291 g/mol. The third-order valence-electron chi connectivity index (χ3n) is 3.13. The summed E-state index contributed by atoms with van der Waals surface area (Å²) >= 11 is 1.59. The van der Waals surface area contributed by atoms with E-state index < -0.39 is 0 Å². The molecular weight excluding hydrogens is 270 g/mol. The Balaban J connectivity index is 2.18. The largest absolute Gasteiger partial charge is 0.391 e. The first-order valence-electron chi connectivity index (χ1n) is 7.02. The molecule has 20 heavy (non-hydrogen) atoms. The second kappa shape index (κ2) is 7.36. The Morgan fingerprint density at radius 1 is 1.30 bits per heavy atom. The smallest absolute Gasteiger partial charge is 0.186 e. The molecule has 0 unspecified atom stereocenters. The van der Waals surface area contributed by atoms with E-state index >= 15 is 0 Å². The van der Waals surface area contributed by atoms with Crippen molar-refractivity contribution < 1.29 is 5.11 Å². The number of hydrogen-bond acceptors (Lipinski definition) is 5. The average Bonchev–Trinajstić information content (AvgIpc) is 2.89. The van der Waals surface area contributed by atoms with Crippen LogP contribution in [0.5, 0.6) is 0 Å². The molecule has 2 rings (SSSR count). The summed E-state index contributed by atoms with van der Waals surface area (Å²) in [5.74, 6) is 0. The van der Waals surface area contributed by atoms with Crippen molar-refractivity contribution in [3.05, 3.63) is 40.7 Å². The summed E-state index contributed by atoms with van der Waals surface area (Å²) in [5, 5.41) is 10.4. The molecule has 2 aromatic rings. The number of thiazole rings is 1. The maximum atomic E-state index is 9.44. The summed E-state index contributed by atoms with van der Waals surface area (Å²) in [6.07, 6.45) is 3.78. The number of pyridine rings is 1. The second-order valence-corrected chi connectivity index (χ2v) is 5.67. The van der Waals surface area contributed by atoms with Gasteiger partial charge in [-0.1, -0.05) is 30.7 Å². The number of aliphatic hydroxyl groups is 1.